The minimum absolute atomic E-state index is 0.114. The van der Waals surface area contributed by atoms with Crippen molar-refractivity contribution in [3.05, 3.63) is 62.6 Å². The Kier molecular flexibility index (Phi) is 5.77. The zero-order valence-electron chi connectivity index (χ0n) is 14.6. The van der Waals surface area contributed by atoms with E-state index in [4.69, 9.17) is 9.47 Å². The molecule has 1 aromatic carbocycles. The molecule has 9 nitrogen and oxygen atoms in total. The monoisotopic (exact) mass is 433 g/mol. The second kappa shape index (κ2) is 8.23. The van der Waals surface area contributed by atoms with E-state index in [1.54, 1.807) is 13.1 Å². The average molecular weight is 434 g/mol. The lowest BCUT2D eigenvalue weighted by Crippen LogP contribution is -2.02. The quantitative estimate of drug-likeness (QED) is 0.319. The molecule has 0 saturated carbocycles. The number of benzene rings is 1. The predicted molar refractivity (Wildman–Crippen MR) is 100 cm³/mol. The van der Waals surface area contributed by atoms with Gasteiger partial charge in [-0.25, -0.2) is 9.97 Å². The van der Waals surface area contributed by atoms with Gasteiger partial charge in [-0.2, -0.15) is 5.10 Å². The van der Waals surface area contributed by atoms with Crippen LogP contribution in [0.3, 0.4) is 0 Å². The lowest BCUT2D eigenvalue weighted by atomic mass is 10.1. The molecule has 140 valence electrons. The molecule has 2 heterocycles. The molecule has 0 aliphatic rings. The standard InChI is InChI=1S/C17H16BrN5O4/c1-22-10-19-17(21-22)13-6-11(7-14(23(24)25)16(13)26-2)8-27-9-12-4-3-5-15(18)20-12/h3-7,10H,8-9H2,1-2H3. The minimum atomic E-state index is -0.495. The third kappa shape index (κ3) is 4.47. The van der Waals surface area contributed by atoms with Crippen molar-refractivity contribution in [2.24, 2.45) is 7.05 Å². The molecule has 3 aromatic rings. The fourth-order valence-corrected chi connectivity index (χ4v) is 2.92. The van der Waals surface area contributed by atoms with Crippen molar-refractivity contribution in [2.45, 2.75) is 13.2 Å². The van der Waals surface area contributed by atoms with Gasteiger partial charge >= 0.3 is 5.69 Å². The maximum absolute atomic E-state index is 11.5. The Morgan fingerprint density at radius 2 is 2.11 bits per heavy atom. The van der Waals surface area contributed by atoms with E-state index < -0.39 is 4.92 Å². The molecule has 2 aromatic heterocycles. The van der Waals surface area contributed by atoms with Crippen molar-refractivity contribution in [3.63, 3.8) is 0 Å². The van der Waals surface area contributed by atoms with Gasteiger partial charge in [0.25, 0.3) is 0 Å². The Morgan fingerprint density at radius 1 is 1.30 bits per heavy atom. The number of halogens is 1. The van der Waals surface area contributed by atoms with E-state index in [0.717, 1.165) is 5.69 Å². The van der Waals surface area contributed by atoms with Gasteiger partial charge in [-0.05, 0) is 39.7 Å². The van der Waals surface area contributed by atoms with Crippen LogP contribution in [0.25, 0.3) is 11.4 Å². The summed E-state index contributed by atoms with van der Waals surface area (Å²) in [6.07, 6.45) is 1.52. The SMILES string of the molecule is COc1c(-c2ncn(C)n2)cc(COCc2cccc(Br)n2)cc1[N+](=O)[O-]. The summed E-state index contributed by atoms with van der Waals surface area (Å²) in [7, 11) is 3.10. The molecule has 0 N–H and O–H groups in total. The van der Waals surface area contributed by atoms with Crippen molar-refractivity contribution in [1.29, 1.82) is 0 Å². The number of aromatic nitrogens is 4. The molecule has 27 heavy (non-hydrogen) atoms. The number of rotatable bonds is 7. The minimum Gasteiger partial charge on any atom is -0.490 e. The Hall–Kier alpha value is -2.85. The highest BCUT2D eigenvalue weighted by Gasteiger charge is 2.23. The van der Waals surface area contributed by atoms with E-state index in [0.29, 0.717) is 21.6 Å². The van der Waals surface area contributed by atoms with Gasteiger partial charge in [0.2, 0.25) is 5.75 Å². The van der Waals surface area contributed by atoms with Crippen LogP contribution < -0.4 is 4.74 Å². The lowest BCUT2D eigenvalue weighted by Gasteiger charge is -2.10. The summed E-state index contributed by atoms with van der Waals surface area (Å²) in [6, 6.07) is 8.68. The maximum atomic E-state index is 11.5. The fraction of sp³-hybridized carbons (Fsp3) is 0.235. The summed E-state index contributed by atoms with van der Waals surface area (Å²) in [4.78, 5) is 19.4. The molecule has 3 rings (SSSR count). The van der Waals surface area contributed by atoms with Gasteiger partial charge in [0.05, 0.1) is 36.5 Å². The van der Waals surface area contributed by atoms with Crippen molar-refractivity contribution in [2.75, 3.05) is 7.11 Å². The third-order valence-electron chi connectivity index (χ3n) is 3.66. The Morgan fingerprint density at radius 3 is 2.74 bits per heavy atom. The molecule has 0 aliphatic heterocycles. The number of pyridine rings is 1. The Balaban J connectivity index is 1.88. The van der Waals surface area contributed by atoms with Crippen molar-refractivity contribution in [3.8, 4) is 17.1 Å². The third-order valence-corrected chi connectivity index (χ3v) is 4.10. The Labute approximate surface area is 163 Å². The van der Waals surface area contributed by atoms with E-state index >= 15 is 0 Å². The van der Waals surface area contributed by atoms with Gasteiger partial charge in [0.15, 0.2) is 5.82 Å². The van der Waals surface area contributed by atoms with Crippen molar-refractivity contribution in [1.82, 2.24) is 19.7 Å². The molecule has 0 amide bonds. The smallest absolute Gasteiger partial charge is 0.312 e. The topological polar surface area (TPSA) is 105 Å². The van der Waals surface area contributed by atoms with Gasteiger partial charge in [0, 0.05) is 13.1 Å². The molecule has 0 aliphatic carbocycles. The van der Waals surface area contributed by atoms with Crippen LogP contribution in [0.5, 0.6) is 5.75 Å². The molecular weight excluding hydrogens is 418 g/mol. The molecule has 0 bridgehead atoms. The molecule has 0 saturated heterocycles. The van der Waals surface area contributed by atoms with Crippen LogP contribution in [0.2, 0.25) is 0 Å². The van der Waals surface area contributed by atoms with Crippen LogP contribution in [-0.2, 0) is 25.0 Å². The normalized spacial score (nSPS) is 10.8. The van der Waals surface area contributed by atoms with Gasteiger partial charge < -0.3 is 9.47 Å². The first-order valence-electron chi connectivity index (χ1n) is 7.88. The second-order valence-electron chi connectivity index (χ2n) is 5.64. The predicted octanol–water partition coefficient (Wildman–Crippen LogP) is 3.27. The first kappa shape index (κ1) is 18.9. The number of methoxy groups -OCH3 is 1. The molecule has 0 atom stereocenters. The molecule has 0 unspecified atom stereocenters. The second-order valence-corrected chi connectivity index (χ2v) is 6.45. The van der Waals surface area contributed by atoms with Gasteiger partial charge in [0.1, 0.15) is 10.9 Å². The van der Waals surface area contributed by atoms with Crippen molar-refractivity contribution >= 4 is 21.6 Å². The highest BCUT2D eigenvalue weighted by Crippen LogP contribution is 2.37. The summed E-state index contributed by atoms with van der Waals surface area (Å²) in [5, 5.41) is 15.7. The molecular formula is C17H16BrN5O4. The zero-order valence-corrected chi connectivity index (χ0v) is 16.2. The van der Waals surface area contributed by atoms with Crippen LogP contribution >= 0.6 is 15.9 Å². The fourth-order valence-electron chi connectivity index (χ4n) is 2.54. The molecule has 0 radical (unpaired) electrons. The highest BCUT2D eigenvalue weighted by atomic mass is 79.9. The largest absolute Gasteiger partial charge is 0.490 e. The van der Waals surface area contributed by atoms with Crippen LogP contribution in [0.4, 0.5) is 5.69 Å². The van der Waals surface area contributed by atoms with Crippen LogP contribution in [0, 0.1) is 10.1 Å². The summed E-state index contributed by atoms with van der Waals surface area (Å²) in [6.45, 7) is 0.440. The maximum Gasteiger partial charge on any atom is 0.312 e. The first-order chi connectivity index (χ1) is 13.0. The van der Waals surface area contributed by atoms with Crippen LogP contribution in [-0.4, -0.2) is 31.8 Å². The van der Waals surface area contributed by atoms with Crippen molar-refractivity contribution < 1.29 is 14.4 Å². The van der Waals surface area contributed by atoms with E-state index in [2.05, 4.69) is 31.0 Å². The number of ether oxygens (including phenoxy) is 2. The van der Waals surface area contributed by atoms with E-state index in [9.17, 15) is 10.1 Å². The van der Waals surface area contributed by atoms with Gasteiger partial charge in [-0.1, -0.05) is 6.07 Å². The number of aryl methyl sites for hydroxylation is 1. The number of nitrogens with zero attached hydrogens (tertiary/aromatic N) is 5. The van der Waals surface area contributed by atoms with Gasteiger partial charge in [-0.3, -0.25) is 14.8 Å². The number of nitro benzene ring substituents is 1. The first-order valence-corrected chi connectivity index (χ1v) is 8.67. The summed E-state index contributed by atoms with van der Waals surface area (Å²) < 4.78 is 13.2. The zero-order chi connectivity index (χ0) is 19.4. The van der Waals surface area contributed by atoms with E-state index in [-0.39, 0.29) is 24.7 Å². The summed E-state index contributed by atoms with van der Waals surface area (Å²) >= 11 is 3.31. The summed E-state index contributed by atoms with van der Waals surface area (Å²) in [5.74, 6) is 0.455. The van der Waals surface area contributed by atoms with E-state index in [1.165, 1.54) is 24.2 Å². The number of hydrogen-bond acceptors (Lipinski definition) is 7. The summed E-state index contributed by atoms with van der Waals surface area (Å²) in [5.41, 5.74) is 1.63. The average Bonchev–Trinajstić information content (AvgIpc) is 3.07. The van der Waals surface area contributed by atoms with Gasteiger partial charge in [-0.15, -0.1) is 0 Å². The highest BCUT2D eigenvalue weighted by molar-refractivity contribution is 9.10. The Bertz CT molecular complexity index is 976. The number of hydrogen-bond donors (Lipinski definition) is 0. The van der Waals surface area contributed by atoms with E-state index in [1.807, 2.05) is 18.2 Å². The molecule has 10 heteroatoms. The van der Waals surface area contributed by atoms with Crippen LogP contribution in [0.15, 0.2) is 41.3 Å². The number of nitro groups is 1. The lowest BCUT2D eigenvalue weighted by molar-refractivity contribution is -0.385. The molecule has 0 fully saturated rings. The molecule has 0 spiro atoms. The van der Waals surface area contributed by atoms with Crippen LogP contribution in [0.1, 0.15) is 11.3 Å².